The van der Waals surface area contributed by atoms with Crippen LogP contribution in [0.15, 0.2) is 36.2 Å². The van der Waals surface area contributed by atoms with E-state index in [1.54, 1.807) is 6.08 Å². The number of benzene rings is 1. The fourth-order valence-electron chi connectivity index (χ4n) is 2.81. The van der Waals surface area contributed by atoms with Crippen molar-refractivity contribution in [3.05, 3.63) is 41.7 Å². The lowest BCUT2D eigenvalue weighted by Gasteiger charge is -2.08. The molecule has 1 N–H and O–H groups in total. The van der Waals surface area contributed by atoms with Crippen LogP contribution >= 0.6 is 0 Å². The topological polar surface area (TPSA) is 54.3 Å². The van der Waals surface area contributed by atoms with Gasteiger partial charge in [-0.1, -0.05) is 25.1 Å². The number of para-hydroxylation sites is 1. The van der Waals surface area contributed by atoms with Crippen molar-refractivity contribution in [3.63, 3.8) is 0 Å². The molecule has 0 radical (unpaired) electrons. The van der Waals surface area contributed by atoms with Crippen molar-refractivity contribution in [3.8, 4) is 0 Å². The molecule has 0 saturated carbocycles. The third-order valence-electron chi connectivity index (χ3n) is 3.87. The van der Waals surface area contributed by atoms with E-state index in [0.29, 0.717) is 12.2 Å². The molecule has 1 aromatic heterocycles. The average molecular weight is 297 g/mol. The molecule has 5 heteroatoms. The summed E-state index contributed by atoms with van der Waals surface area (Å²) in [5, 5.41) is 3.74. The zero-order valence-corrected chi connectivity index (χ0v) is 12.8. The van der Waals surface area contributed by atoms with Crippen molar-refractivity contribution >= 4 is 28.9 Å². The number of amides is 3. The van der Waals surface area contributed by atoms with Gasteiger partial charge in [-0.3, -0.25) is 9.69 Å². The zero-order valence-electron chi connectivity index (χ0n) is 12.8. The van der Waals surface area contributed by atoms with Crippen molar-refractivity contribution in [2.45, 2.75) is 26.8 Å². The Balaban J connectivity index is 2.03. The number of aryl methyl sites for hydroxylation is 1. The van der Waals surface area contributed by atoms with Gasteiger partial charge in [0.15, 0.2) is 0 Å². The van der Waals surface area contributed by atoms with Crippen LogP contribution in [0.5, 0.6) is 0 Å². The summed E-state index contributed by atoms with van der Waals surface area (Å²) < 4.78 is 2.13. The number of nitrogens with one attached hydrogen (secondary N) is 1. The molecule has 0 atom stereocenters. The van der Waals surface area contributed by atoms with Crippen LogP contribution in [0.1, 0.15) is 25.8 Å². The normalized spacial score (nSPS) is 16.8. The van der Waals surface area contributed by atoms with Crippen LogP contribution in [0.2, 0.25) is 0 Å². The van der Waals surface area contributed by atoms with Crippen molar-refractivity contribution in [1.29, 1.82) is 0 Å². The van der Waals surface area contributed by atoms with Gasteiger partial charge >= 0.3 is 6.03 Å². The molecule has 2 heterocycles. The van der Waals surface area contributed by atoms with Crippen LogP contribution in [0.3, 0.4) is 0 Å². The van der Waals surface area contributed by atoms with E-state index in [4.69, 9.17) is 0 Å². The fourth-order valence-corrected chi connectivity index (χ4v) is 2.81. The first-order chi connectivity index (χ1) is 10.7. The number of nitrogens with zero attached hydrogens (tertiary/aromatic N) is 2. The van der Waals surface area contributed by atoms with E-state index < -0.39 is 0 Å². The Morgan fingerprint density at radius 2 is 1.95 bits per heavy atom. The zero-order chi connectivity index (χ0) is 15.7. The van der Waals surface area contributed by atoms with Crippen molar-refractivity contribution in [2.24, 2.45) is 0 Å². The van der Waals surface area contributed by atoms with Crippen LogP contribution in [-0.2, 0) is 11.3 Å². The molecule has 1 aliphatic rings. The second-order valence-corrected chi connectivity index (χ2v) is 5.33. The van der Waals surface area contributed by atoms with E-state index in [1.807, 2.05) is 31.3 Å². The molecular formula is C17H19N3O2. The molecule has 1 aromatic carbocycles. The van der Waals surface area contributed by atoms with Gasteiger partial charge in [-0.15, -0.1) is 0 Å². The summed E-state index contributed by atoms with van der Waals surface area (Å²) in [6.07, 6.45) is 4.53. The van der Waals surface area contributed by atoms with Gasteiger partial charge in [-0.2, -0.15) is 0 Å². The summed E-state index contributed by atoms with van der Waals surface area (Å²) in [4.78, 5) is 25.4. The summed E-state index contributed by atoms with van der Waals surface area (Å²) in [5.41, 5.74) is 2.41. The van der Waals surface area contributed by atoms with Crippen LogP contribution in [0.4, 0.5) is 4.79 Å². The molecule has 1 fully saturated rings. The van der Waals surface area contributed by atoms with Crippen LogP contribution in [0.25, 0.3) is 17.0 Å². The third kappa shape index (κ3) is 2.28. The molecular weight excluding hydrogens is 278 g/mol. The molecule has 3 amide bonds. The Morgan fingerprint density at radius 1 is 1.18 bits per heavy atom. The Kier molecular flexibility index (Phi) is 3.71. The van der Waals surface area contributed by atoms with Gasteiger partial charge in [-0.25, -0.2) is 4.79 Å². The van der Waals surface area contributed by atoms with E-state index in [9.17, 15) is 9.59 Å². The summed E-state index contributed by atoms with van der Waals surface area (Å²) >= 11 is 0. The number of urea groups is 1. The second-order valence-electron chi connectivity index (χ2n) is 5.33. The summed E-state index contributed by atoms with van der Waals surface area (Å²) in [6, 6.07) is 7.72. The average Bonchev–Trinajstić information content (AvgIpc) is 3.01. The summed E-state index contributed by atoms with van der Waals surface area (Å²) in [7, 11) is 0. The standard InChI is InChI=1S/C17H19N3O2/c1-3-9-20-16(21)14(18-17(20)22)10-12-11-19(4-2)15-8-6-5-7-13(12)15/h5-8,10-11H,3-4,9H2,1-2H3,(H,18,22)/b14-10+. The summed E-state index contributed by atoms with van der Waals surface area (Å²) in [5.74, 6) is -0.250. The van der Waals surface area contributed by atoms with Gasteiger partial charge < -0.3 is 9.88 Å². The first-order valence-electron chi connectivity index (χ1n) is 7.58. The number of imide groups is 1. The minimum absolute atomic E-state index is 0.250. The molecule has 0 aliphatic carbocycles. The maximum atomic E-state index is 12.3. The molecule has 22 heavy (non-hydrogen) atoms. The number of carbonyl (C=O) groups excluding carboxylic acids is 2. The smallest absolute Gasteiger partial charge is 0.329 e. The molecule has 114 valence electrons. The number of hydrogen-bond donors (Lipinski definition) is 1. The van der Waals surface area contributed by atoms with Gasteiger partial charge in [0.2, 0.25) is 0 Å². The second kappa shape index (κ2) is 5.67. The highest BCUT2D eigenvalue weighted by Crippen LogP contribution is 2.24. The Labute approximate surface area is 129 Å². The maximum absolute atomic E-state index is 12.3. The Hall–Kier alpha value is -2.56. The molecule has 0 spiro atoms. The monoisotopic (exact) mass is 297 g/mol. The lowest BCUT2D eigenvalue weighted by Crippen LogP contribution is -2.31. The van der Waals surface area contributed by atoms with Crippen LogP contribution in [-0.4, -0.2) is 28.0 Å². The highest BCUT2D eigenvalue weighted by atomic mass is 16.2. The Morgan fingerprint density at radius 3 is 2.68 bits per heavy atom. The van der Waals surface area contributed by atoms with Gasteiger partial charge in [0.1, 0.15) is 5.70 Å². The van der Waals surface area contributed by atoms with Gasteiger partial charge in [-0.05, 0) is 25.5 Å². The third-order valence-corrected chi connectivity index (χ3v) is 3.87. The van der Waals surface area contributed by atoms with Gasteiger partial charge in [0.05, 0.1) is 0 Å². The minimum Gasteiger partial charge on any atom is -0.347 e. The van der Waals surface area contributed by atoms with Crippen molar-refractivity contribution < 1.29 is 9.59 Å². The summed E-state index contributed by atoms with van der Waals surface area (Å²) in [6.45, 7) is 5.32. The van der Waals surface area contributed by atoms with Crippen LogP contribution < -0.4 is 5.32 Å². The molecule has 2 aromatic rings. The maximum Gasteiger partial charge on any atom is 0.329 e. The Bertz CT molecular complexity index is 773. The first kappa shape index (κ1) is 14.4. The number of fused-ring (bicyclic) bond motifs is 1. The van der Waals surface area contributed by atoms with E-state index in [1.165, 1.54) is 4.90 Å². The molecule has 5 nitrogen and oxygen atoms in total. The minimum atomic E-state index is -0.336. The molecule has 3 rings (SSSR count). The van der Waals surface area contributed by atoms with E-state index in [0.717, 1.165) is 29.4 Å². The number of hydrogen-bond acceptors (Lipinski definition) is 2. The van der Waals surface area contributed by atoms with E-state index >= 15 is 0 Å². The molecule has 1 aliphatic heterocycles. The quantitative estimate of drug-likeness (QED) is 0.697. The molecule has 0 bridgehead atoms. The number of carbonyl (C=O) groups is 2. The highest BCUT2D eigenvalue weighted by Gasteiger charge is 2.32. The predicted molar refractivity (Wildman–Crippen MR) is 86.1 cm³/mol. The largest absolute Gasteiger partial charge is 0.347 e. The van der Waals surface area contributed by atoms with Gasteiger partial charge in [0.25, 0.3) is 5.91 Å². The number of aromatic nitrogens is 1. The van der Waals surface area contributed by atoms with Crippen molar-refractivity contribution in [1.82, 2.24) is 14.8 Å². The van der Waals surface area contributed by atoms with Gasteiger partial charge in [0, 0.05) is 35.8 Å². The SMILES string of the molecule is CCCN1C(=O)N/C(=C/c2cn(CC)c3ccccc23)C1=O. The molecule has 0 unspecified atom stereocenters. The molecule has 1 saturated heterocycles. The predicted octanol–water partition coefficient (Wildman–Crippen LogP) is 2.96. The fraction of sp³-hybridized carbons (Fsp3) is 0.294. The first-order valence-corrected chi connectivity index (χ1v) is 7.58. The highest BCUT2D eigenvalue weighted by molar-refractivity contribution is 6.14. The van der Waals surface area contributed by atoms with Crippen LogP contribution in [0, 0.1) is 0 Å². The lowest BCUT2D eigenvalue weighted by atomic mass is 10.1. The van der Waals surface area contributed by atoms with E-state index in [-0.39, 0.29) is 11.9 Å². The number of rotatable bonds is 4. The van der Waals surface area contributed by atoms with E-state index in [2.05, 4.69) is 22.9 Å². The lowest BCUT2D eigenvalue weighted by molar-refractivity contribution is -0.122. The van der Waals surface area contributed by atoms with Crippen molar-refractivity contribution in [2.75, 3.05) is 6.54 Å².